The van der Waals surface area contributed by atoms with Crippen molar-refractivity contribution in [3.8, 4) is 0 Å². The molecule has 5 heteroatoms. The van der Waals surface area contributed by atoms with E-state index in [0.717, 1.165) is 31.2 Å². The van der Waals surface area contributed by atoms with Crippen molar-refractivity contribution >= 4 is 11.8 Å². The molecule has 1 aromatic carbocycles. The second-order valence-corrected chi connectivity index (χ2v) is 5.27. The molecule has 2 amide bonds. The molecule has 0 aromatic heterocycles. The second kappa shape index (κ2) is 6.52. The van der Waals surface area contributed by atoms with Gasteiger partial charge in [0.25, 0.3) is 5.91 Å². The highest BCUT2D eigenvalue weighted by Crippen LogP contribution is 2.24. The van der Waals surface area contributed by atoms with Gasteiger partial charge in [-0.2, -0.15) is 0 Å². The maximum atomic E-state index is 12.2. The van der Waals surface area contributed by atoms with Gasteiger partial charge < -0.3 is 16.8 Å². The van der Waals surface area contributed by atoms with Gasteiger partial charge in [-0.05, 0) is 30.5 Å². The van der Waals surface area contributed by atoms with Gasteiger partial charge in [-0.25, -0.2) is 0 Å². The first-order chi connectivity index (χ1) is 9.61. The molecule has 1 aliphatic carbocycles. The maximum absolute atomic E-state index is 12.2. The van der Waals surface area contributed by atoms with E-state index in [9.17, 15) is 9.59 Å². The van der Waals surface area contributed by atoms with Crippen LogP contribution in [-0.2, 0) is 11.3 Å². The molecule has 1 fully saturated rings. The van der Waals surface area contributed by atoms with Gasteiger partial charge >= 0.3 is 0 Å². The Labute approximate surface area is 118 Å². The van der Waals surface area contributed by atoms with Gasteiger partial charge in [-0.3, -0.25) is 9.59 Å². The van der Waals surface area contributed by atoms with Crippen molar-refractivity contribution in [1.29, 1.82) is 0 Å². The van der Waals surface area contributed by atoms with Crippen molar-refractivity contribution in [3.05, 3.63) is 35.4 Å². The molecule has 20 heavy (non-hydrogen) atoms. The quantitative estimate of drug-likeness (QED) is 0.762. The van der Waals surface area contributed by atoms with Crippen LogP contribution in [-0.4, -0.2) is 17.9 Å². The number of nitrogens with two attached hydrogens (primary N) is 2. The Morgan fingerprint density at radius 1 is 1.15 bits per heavy atom. The van der Waals surface area contributed by atoms with Crippen molar-refractivity contribution in [3.63, 3.8) is 0 Å². The van der Waals surface area contributed by atoms with Crippen LogP contribution in [0, 0.1) is 5.92 Å². The summed E-state index contributed by atoms with van der Waals surface area (Å²) in [5.41, 5.74) is 12.5. The van der Waals surface area contributed by atoms with Crippen LogP contribution in [0.15, 0.2) is 24.3 Å². The predicted molar refractivity (Wildman–Crippen MR) is 76.7 cm³/mol. The molecule has 1 aromatic rings. The molecule has 1 aliphatic rings. The van der Waals surface area contributed by atoms with Gasteiger partial charge in [0.05, 0.1) is 5.92 Å². The predicted octanol–water partition coefficient (Wildman–Crippen LogP) is 0.919. The smallest absolute Gasteiger partial charge is 0.251 e. The highest BCUT2D eigenvalue weighted by molar-refractivity contribution is 5.94. The first kappa shape index (κ1) is 14.5. The number of carbonyl (C=O) groups excluding carboxylic acids is 2. The number of hydrogen-bond acceptors (Lipinski definition) is 3. The summed E-state index contributed by atoms with van der Waals surface area (Å²) >= 11 is 0. The lowest BCUT2D eigenvalue weighted by molar-refractivity contribution is -0.123. The van der Waals surface area contributed by atoms with Crippen molar-refractivity contribution in [1.82, 2.24) is 5.32 Å². The summed E-state index contributed by atoms with van der Waals surface area (Å²) in [4.78, 5) is 23.6. The number of rotatable bonds is 4. The Morgan fingerprint density at radius 3 is 2.40 bits per heavy atom. The van der Waals surface area contributed by atoms with E-state index in [1.807, 2.05) is 12.1 Å². The zero-order valence-corrected chi connectivity index (χ0v) is 11.5. The minimum atomic E-state index is -0.325. The fraction of sp³-hybridized carbons (Fsp3) is 0.467. The van der Waals surface area contributed by atoms with E-state index in [0.29, 0.717) is 12.1 Å². The van der Waals surface area contributed by atoms with Crippen LogP contribution in [0.25, 0.3) is 0 Å². The van der Waals surface area contributed by atoms with Crippen molar-refractivity contribution in [2.45, 2.75) is 38.3 Å². The Kier molecular flexibility index (Phi) is 4.74. The molecule has 0 saturated heterocycles. The molecular formula is C15H21N3O2. The van der Waals surface area contributed by atoms with Gasteiger partial charge in [0.2, 0.25) is 5.91 Å². The molecule has 2 unspecified atom stereocenters. The summed E-state index contributed by atoms with van der Waals surface area (Å²) in [5, 5.41) is 2.93. The molecule has 0 heterocycles. The van der Waals surface area contributed by atoms with E-state index >= 15 is 0 Å². The molecule has 0 spiro atoms. The summed E-state index contributed by atoms with van der Waals surface area (Å²) < 4.78 is 0. The van der Waals surface area contributed by atoms with Crippen molar-refractivity contribution in [2.75, 3.05) is 0 Å². The van der Waals surface area contributed by atoms with Crippen LogP contribution in [0.2, 0.25) is 0 Å². The van der Waals surface area contributed by atoms with Crippen molar-refractivity contribution < 1.29 is 9.59 Å². The van der Waals surface area contributed by atoms with Gasteiger partial charge in [-0.15, -0.1) is 0 Å². The van der Waals surface area contributed by atoms with Gasteiger partial charge in [0.1, 0.15) is 0 Å². The summed E-state index contributed by atoms with van der Waals surface area (Å²) in [6.07, 6.45) is 3.57. The molecular weight excluding hydrogens is 254 g/mol. The topological polar surface area (TPSA) is 98.2 Å². The van der Waals surface area contributed by atoms with Crippen LogP contribution in [0.1, 0.15) is 41.6 Å². The Morgan fingerprint density at radius 2 is 1.80 bits per heavy atom. The summed E-state index contributed by atoms with van der Waals surface area (Å²) in [6.45, 7) is 0.453. The molecule has 0 radical (unpaired) electrons. The number of hydrogen-bond donors (Lipinski definition) is 3. The van der Waals surface area contributed by atoms with Crippen LogP contribution < -0.4 is 16.8 Å². The van der Waals surface area contributed by atoms with Gasteiger partial charge in [-0.1, -0.05) is 25.0 Å². The van der Waals surface area contributed by atoms with E-state index in [1.165, 1.54) is 0 Å². The lowest BCUT2D eigenvalue weighted by atomic mass is 9.84. The normalized spacial score (nSPS) is 22.2. The van der Waals surface area contributed by atoms with E-state index in [4.69, 9.17) is 11.5 Å². The Bertz CT molecular complexity index is 484. The molecule has 108 valence electrons. The first-order valence-corrected chi connectivity index (χ1v) is 7.01. The number of amides is 2. The van der Waals surface area contributed by atoms with Crippen LogP contribution >= 0.6 is 0 Å². The molecule has 1 saturated carbocycles. The molecule has 5 N–H and O–H groups in total. The van der Waals surface area contributed by atoms with Gasteiger partial charge in [0.15, 0.2) is 0 Å². The average Bonchev–Trinajstić information content (AvgIpc) is 2.47. The van der Waals surface area contributed by atoms with Crippen LogP contribution in [0.5, 0.6) is 0 Å². The van der Waals surface area contributed by atoms with Crippen LogP contribution in [0.3, 0.4) is 0 Å². The molecule has 0 aliphatic heterocycles. The van der Waals surface area contributed by atoms with Crippen LogP contribution in [0.4, 0.5) is 0 Å². The lowest BCUT2D eigenvalue weighted by Gasteiger charge is -2.30. The van der Waals surface area contributed by atoms with Gasteiger partial charge in [0, 0.05) is 18.2 Å². The lowest BCUT2D eigenvalue weighted by Crippen LogP contribution is -2.47. The third-order valence-corrected chi connectivity index (χ3v) is 3.90. The minimum Gasteiger partial charge on any atom is -0.369 e. The summed E-state index contributed by atoms with van der Waals surface area (Å²) in [5.74, 6) is -0.740. The third kappa shape index (κ3) is 3.36. The monoisotopic (exact) mass is 275 g/mol. The number of nitrogens with one attached hydrogen (secondary N) is 1. The zero-order valence-electron chi connectivity index (χ0n) is 11.5. The molecule has 5 nitrogen and oxygen atoms in total. The fourth-order valence-corrected chi connectivity index (χ4v) is 2.69. The first-order valence-electron chi connectivity index (χ1n) is 7.01. The van der Waals surface area contributed by atoms with E-state index in [1.54, 1.807) is 12.1 Å². The molecule has 2 atom stereocenters. The number of carbonyl (C=O) groups is 2. The highest BCUT2D eigenvalue weighted by atomic mass is 16.2. The van der Waals surface area contributed by atoms with E-state index in [-0.39, 0.29) is 23.8 Å². The molecule has 2 rings (SSSR count). The highest BCUT2D eigenvalue weighted by Gasteiger charge is 2.30. The standard InChI is InChI=1S/C15H21N3O2/c16-9-10-5-7-11(8-6-10)15(20)18-13-4-2-1-3-12(13)14(17)19/h5-8,12-13H,1-4,9,16H2,(H2,17,19)(H,18,20). The minimum absolute atomic E-state index is 0.150. The Hall–Kier alpha value is -1.88. The number of benzene rings is 1. The maximum Gasteiger partial charge on any atom is 0.251 e. The zero-order chi connectivity index (χ0) is 14.5. The third-order valence-electron chi connectivity index (χ3n) is 3.90. The average molecular weight is 275 g/mol. The number of primary amides is 1. The van der Waals surface area contributed by atoms with Crippen molar-refractivity contribution in [2.24, 2.45) is 17.4 Å². The Balaban J connectivity index is 2.03. The summed E-state index contributed by atoms with van der Waals surface area (Å²) in [7, 11) is 0. The summed E-state index contributed by atoms with van der Waals surface area (Å²) in [6, 6.07) is 7.02. The SMILES string of the molecule is NCc1ccc(C(=O)NC2CCCCC2C(N)=O)cc1. The van der Waals surface area contributed by atoms with E-state index in [2.05, 4.69) is 5.32 Å². The molecule has 0 bridgehead atoms. The van der Waals surface area contributed by atoms with E-state index < -0.39 is 0 Å². The second-order valence-electron chi connectivity index (χ2n) is 5.27. The largest absolute Gasteiger partial charge is 0.369 e. The fourth-order valence-electron chi connectivity index (χ4n) is 2.69.